The Bertz CT molecular complexity index is 1000. The number of hydrogen-bond donors (Lipinski definition) is 1. The predicted molar refractivity (Wildman–Crippen MR) is 90.2 cm³/mol. The maximum absolute atomic E-state index is 12.1. The molecule has 0 aliphatic heterocycles. The average molecular weight is 317 g/mol. The Morgan fingerprint density at radius 3 is 2.62 bits per heavy atom. The van der Waals surface area contributed by atoms with E-state index in [9.17, 15) is 4.79 Å². The summed E-state index contributed by atoms with van der Waals surface area (Å²) in [7, 11) is 0. The first-order valence-electron chi connectivity index (χ1n) is 7.56. The summed E-state index contributed by atoms with van der Waals surface area (Å²) in [6.07, 6.45) is 5.16. The first-order chi connectivity index (χ1) is 11.8. The van der Waals surface area contributed by atoms with E-state index in [4.69, 9.17) is 5.73 Å². The largest absolute Gasteiger partial charge is 0.368 e. The minimum Gasteiger partial charge on any atom is -0.368 e. The number of amides is 1. The molecule has 3 aromatic heterocycles. The van der Waals surface area contributed by atoms with E-state index in [1.165, 1.54) is 0 Å². The third-order valence-corrected chi connectivity index (χ3v) is 3.98. The molecule has 0 aliphatic carbocycles. The summed E-state index contributed by atoms with van der Waals surface area (Å²) in [4.78, 5) is 16.6. The van der Waals surface area contributed by atoms with E-state index < -0.39 is 11.9 Å². The predicted octanol–water partition coefficient (Wildman–Crippen LogP) is 2.27. The van der Waals surface area contributed by atoms with E-state index in [1.54, 1.807) is 27.7 Å². The lowest BCUT2D eigenvalue weighted by molar-refractivity contribution is -0.120. The van der Waals surface area contributed by atoms with Gasteiger partial charge in [0.25, 0.3) is 0 Å². The Labute approximate surface area is 138 Å². The summed E-state index contributed by atoms with van der Waals surface area (Å²) < 4.78 is 3.58. The summed E-state index contributed by atoms with van der Waals surface area (Å²) in [5.41, 5.74) is 8.26. The van der Waals surface area contributed by atoms with Gasteiger partial charge in [0.05, 0.1) is 11.7 Å². The maximum atomic E-state index is 12.1. The van der Waals surface area contributed by atoms with Gasteiger partial charge in [-0.05, 0) is 23.8 Å². The van der Waals surface area contributed by atoms with Crippen LogP contribution in [0.2, 0.25) is 0 Å². The normalized spacial score (nSPS) is 12.3. The molecule has 1 atom stereocenters. The highest BCUT2D eigenvalue weighted by Crippen LogP contribution is 2.26. The lowest BCUT2D eigenvalue weighted by Crippen LogP contribution is -2.27. The minimum atomic E-state index is -0.630. The molecule has 24 heavy (non-hydrogen) atoms. The highest BCUT2D eigenvalue weighted by Gasteiger charge is 2.23. The third-order valence-electron chi connectivity index (χ3n) is 3.98. The molecule has 1 aromatic carbocycles. The van der Waals surface area contributed by atoms with Crippen molar-refractivity contribution >= 4 is 11.4 Å². The molecule has 118 valence electrons. The second-order valence-corrected chi connectivity index (χ2v) is 5.45. The number of carbonyl (C=O) groups is 1. The van der Waals surface area contributed by atoms with Crippen molar-refractivity contribution in [1.29, 1.82) is 0 Å². The van der Waals surface area contributed by atoms with Crippen molar-refractivity contribution in [1.82, 2.24) is 19.2 Å². The Kier molecular flexibility index (Phi) is 3.35. The van der Waals surface area contributed by atoms with Gasteiger partial charge in [-0.3, -0.25) is 4.79 Å². The topological polar surface area (TPSA) is 78.2 Å². The van der Waals surface area contributed by atoms with Gasteiger partial charge in [0.1, 0.15) is 11.7 Å². The molecule has 0 aliphatic rings. The van der Waals surface area contributed by atoms with Crippen LogP contribution in [0.15, 0.2) is 73.2 Å². The molecule has 0 unspecified atom stereocenters. The zero-order chi connectivity index (χ0) is 16.5. The van der Waals surface area contributed by atoms with E-state index in [-0.39, 0.29) is 0 Å². The molecule has 0 radical (unpaired) electrons. The SMILES string of the molecule is NC(=O)[C@H](c1ccccc1)n1ccnc1-c1cccc2ccnn12. The molecular formula is C18H15N5O. The highest BCUT2D eigenvalue weighted by molar-refractivity contribution is 5.82. The van der Waals surface area contributed by atoms with Gasteiger partial charge in [0.2, 0.25) is 5.91 Å². The monoisotopic (exact) mass is 317 g/mol. The first-order valence-corrected chi connectivity index (χ1v) is 7.56. The highest BCUT2D eigenvalue weighted by atomic mass is 16.1. The van der Waals surface area contributed by atoms with Crippen molar-refractivity contribution in [3.63, 3.8) is 0 Å². The molecule has 0 bridgehead atoms. The van der Waals surface area contributed by atoms with Gasteiger partial charge in [0, 0.05) is 12.4 Å². The van der Waals surface area contributed by atoms with Gasteiger partial charge in [-0.15, -0.1) is 0 Å². The number of aromatic nitrogens is 4. The second kappa shape index (κ2) is 5.66. The molecule has 0 saturated carbocycles. The van der Waals surface area contributed by atoms with Crippen molar-refractivity contribution in [2.45, 2.75) is 6.04 Å². The van der Waals surface area contributed by atoms with Crippen LogP contribution in [0.25, 0.3) is 17.0 Å². The van der Waals surface area contributed by atoms with Crippen LogP contribution in [0.5, 0.6) is 0 Å². The Morgan fingerprint density at radius 2 is 1.83 bits per heavy atom. The molecule has 1 amide bonds. The summed E-state index contributed by atoms with van der Waals surface area (Å²) in [6.45, 7) is 0. The zero-order valence-electron chi connectivity index (χ0n) is 12.8. The van der Waals surface area contributed by atoms with Crippen molar-refractivity contribution < 1.29 is 4.79 Å². The van der Waals surface area contributed by atoms with Gasteiger partial charge >= 0.3 is 0 Å². The number of fused-ring (bicyclic) bond motifs is 1. The van der Waals surface area contributed by atoms with Crippen LogP contribution in [-0.2, 0) is 4.79 Å². The third kappa shape index (κ3) is 2.25. The van der Waals surface area contributed by atoms with Crippen LogP contribution in [0.4, 0.5) is 0 Å². The van der Waals surface area contributed by atoms with Gasteiger partial charge in [-0.25, -0.2) is 9.50 Å². The van der Waals surface area contributed by atoms with Crippen molar-refractivity contribution in [2.75, 3.05) is 0 Å². The summed E-state index contributed by atoms with van der Waals surface area (Å²) in [5, 5.41) is 4.34. The number of imidazole rings is 1. The molecule has 0 fully saturated rings. The molecule has 6 nitrogen and oxygen atoms in total. The van der Waals surface area contributed by atoms with Gasteiger partial charge in [-0.2, -0.15) is 5.10 Å². The number of nitrogens with two attached hydrogens (primary N) is 1. The van der Waals surface area contributed by atoms with Crippen LogP contribution in [-0.4, -0.2) is 25.1 Å². The van der Waals surface area contributed by atoms with E-state index in [1.807, 2.05) is 54.6 Å². The fourth-order valence-electron chi connectivity index (χ4n) is 2.94. The lowest BCUT2D eigenvalue weighted by Gasteiger charge is -2.18. The lowest BCUT2D eigenvalue weighted by atomic mass is 10.1. The quantitative estimate of drug-likeness (QED) is 0.627. The van der Waals surface area contributed by atoms with Gasteiger partial charge in [-0.1, -0.05) is 36.4 Å². The number of benzene rings is 1. The van der Waals surface area contributed by atoms with Gasteiger partial charge < -0.3 is 10.3 Å². The molecule has 0 spiro atoms. The van der Waals surface area contributed by atoms with Crippen molar-refractivity contribution in [3.05, 3.63) is 78.8 Å². The zero-order valence-corrected chi connectivity index (χ0v) is 12.8. The van der Waals surface area contributed by atoms with Crippen molar-refractivity contribution in [3.8, 4) is 11.5 Å². The minimum absolute atomic E-state index is 0.437. The molecule has 4 aromatic rings. The first kappa shape index (κ1) is 14.2. The number of nitrogens with zero attached hydrogens (tertiary/aromatic N) is 4. The molecule has 2 N–H and O–H groups in total. The smallest absolute Gasteiger partial charge is 0.245 e. The molecule has 6 heteroatoms. The van der Waals surface area contributed by atoms with E-state index >= 15 is 0 Å². The average Bonchev–Trinajstić information content (AvgIpc) is 3.24. The number of rotatable bonds is 4. The maximum Gasteiger partial charge on any atom is 0.245 e. The van der Waals surface area contributed by atoms with Gasteiger partial charge in [0.15, 0.2) is 5.82 Å². The fourth-order valence-corrected chi connectivity index (χ4v) is 2.94. The number of pyridine rings is 1. The number of primary amides is 1. The van der Waals surface area contributed by atoms with Crippen LogP contribution < -0.4 is 5.73 Å². The second-order valence-electron chi connectivity index (χ2n) is 5.45. The standard InChI is InChI=1S/C18H15N5O/c19-17(24)16(13-5-2-1-3-6-13)22-12-11-20-18(22)15-8-4-7-14-9-10-21-23(14)15/h1-12,16H,(H2,19,24)/t16-/m0/s1. The van der Waals surface area contributed by atoms with Crippen LogP contribution >= 0.6 is 0 Å². The molecule has 4 rings (SSSR count). The molecule has 0 saturated heterocycles. The molecular weight excluding hydrogens is 302 g/mol. The number of carbonyl (C=O) groups excluding carboxylic acids is 1. The Morgan fingerprint density at radius 1 is 1.00 bits per heavy atom. The van der Waals surface area contributed by atoms with Crippen molar-refractivity contribution in [2.24, 2.45) is 5.73 Å². The molecule has 3 heterocycles. The number of hydrogen-bond acceptors (Lipinski definition) is 3. The van der Waals surface area contributed by atoms with E-state index in [2.05, 4.69) is 10.1 Å². The Balaban J connectivity index is 1.91. The van der Waals surface area contributed by atoms with E-state index in [0.717, 1.165) is 16.8 Å². The van der Waals surface area contributed by atoms with Crippen LogP contribution in [0, 0.1) is 0 Å². The summed E-state index contributed by atoms with van der Waals surface area (Å²) in [5.74, 6) is 0.199. The fraction of sp³-hybridized carbons (Fsp3) is 0.0556. The summed E-state index contributed by atoms with van der Waals surface area (Å²) >= 11 is 0. The summed E-state index contributed by atoms with van der Waals surface area (Å²) in [6, 6.07) is 16.5. The Hall–Kier alpha value is -3.41. The van der Waals surface area contributed by atoms with E-state index in [0.29, 0.717) is 5.82 Å². The van der Waals surface area contributed by atoms with Crippen LogP contribution in [0.3, 0.4) is 0 Å². The van der Waals surface area contributed by atoms with Crippen LogP contribution in [0.1, 0.15) is 11.6 Å².